The number of amides is 2. The van der Waals surface area contributed by atoms with E-state index < -0.39 is 0 Å². The van der Waals surface area contributed by atoms with E-state index >= 15 is 0 Å². The molecule has 2 saturated heterocycles. The van der Waals surface area contributed by atoms with Crippen molar-refractivity contribution in [2.75, 3.05) is 32.7 Å². The summed E-state index contributed by atoms with van der Waals surface area (Å²) in [6.07, 6.45) is 7.51. The molecule has 0 spiro atoms. The van der Waals surface area contributed by atoms with Crippen LogP contribution in [0.4, 0.5) is 0 Å². The summed E-state index contributed by atoms with van der Waals surface area (Å²) < 4.78 is 0. The summed E-state index contributed by atoms with van der Waals surface area (Å²) in [5.74, 6) is 0.613. The van der Waals surface area contributed by atoms with Gasteiger partial charge in [0.05, 0.1) is 6.54 Å². The third-order valence-electron chi connectivity index (χ3n) is 5.58. The van der Waals surface area contributed by atoms with E-state index in [0.29, 0.717) is 12.5 Å². The van der Waals surface area contributed by atoms with Gasteiger partial charge in [0, 0.05) is 24.5 Å². The number of carbonyl (C=O) groups is 2. The van der Waals surface area contributed by atoms with Crippen LogP contribution >= 0.6 is 0 Å². The van der Waals surface area contributed by atoms with E-state index in [9.17, 15) is 9.59 Å². The molecule has 0 saturated carbocycles. The standard InChI is InChI=1S/C19H35N3O2/c1-4-19(2,3)20-17(23)15-21-13-9-16(10-14-21)18(24)22-11-7-5-6-8-12-22/h16H,4-15H2,1-3H3,(H,20,23). The van der Waals surface area contributed by atoms with Crippen LogP contribution in [-0.2, 0) is 9.59 Å². The van der Waals surface area contributed by atoms with Crippen LogP contribution in [0.2, 0.25) is 0 Å². The molecule has 138 valence electrons. The van der Waals surface area contributed by atoms with Crippen LogP contribution in [0.5, 0.6) is 0 Å². The number of hydrogen-bond donors (Lipinski definition) is 1. The molecule has 2 rings (SSSR count). The number of piperidine rings is 1. The fourth-order valence-corrected chi connectivity index (χ4v) is 3.60. The minimum Gasteiger partial charge on any atom is -0.350 e. The molecule has 2 aliphatic rings. The van der Waals surface area contributed by atoms with Crippen molar-refractivity contribution in [2.24, 2.45) is 5.92 Å². The molecular weight excluding hydrogens is 302 g/mol. The fourth-order valence-electron chi connectivity index (χ4n) is 3.60. The van der Waals surface area contributed by atoms with Crippen molar-refractivity contribution in [3.05, 3.63) is 0 Å². The van der Waals surface area contributed by atoms with Crippen LogP contribution in [0.1, 0.15) is 65.7 Å². The molecule has 0 aliphatic carbocycles. The van der Waals surface area contributed by atoms with E-state index in [0.717, 1.165) is 58.3 Å². The van der Waals surface area contributed by atoms with E-state index in [2.05, 4.69) is 35.9 Å². The van der Waals surface area contributed by atoms with Gasteiger partial charge in [-0.1, -0.05) is 19.8 Å². The Morgan fingerprint density at radius 2 is 1.58 bits per heavy atom. The minimum atomic E-state index is -0.141. The highest BCUT2D eigenvalue weighted by Crippen LogP contribution is 2.21. The molecule has 1 N–H and O–H groups in total. The van der Waals surface area contributed by atoms with Crippen molar-refractivity contribution < 1.29 is 9.59 Å². The van der Waals surface area contributed by atoms with E-state index in [1.165, 1.54) is 12.8 Å². The monoisotopic (exact) mass is 337 g/mol. The zero-order valence-electron chi connectivity index (χ0n) is 15.8. The predicted molar refractivity (Wildman–Crippen MR) is 96.7 cm³/mol. The lowest BCUT2D eigenvalue weighted by molar-refractivity contribution is -0.137. The average molecular weight is 338 g/mol. The van der Waals surface area contributed by atoms with Gasteiger partial charge in [-0.2, -0.15) is 0 Å². The predicted octanol–water partition coefficient (Wildman–Crippen LogP) is 2.41. The number of likely N-dealkylation sites (tertiary alicyclic amines) is 2. The molecule has 5 heteroatoms. The van der Waals surface area contributed by atoms with Gasteiger partial charge in [-0.3, -0.25) is 14.5 Å². The molecular formula is C19H35N3O2. The quantitative estimate of drug-likeness (QED) is 0.838. The van der Waals surface area contributed by atoms with Gasteiger partial charge < -0.3 is 10.2 Å². The number of nitrogens with one attached hydrogen (secondary N) is 1. The van der Waals surface area contributed by atoms with Crippen LogP contribution in [0.15, 0.2) is 0 Å². The smallest absolute Gasteiger partial charge is 0.234 e. The Morgan fingerprint density at radius 1 is 1.00 bits per heavy atom. The summed E-state index contributed by atoms with van der Waals surface area (Å²) in [6.45, 7) is 10.2. The molecule has 0 unspecified atom stereocenters. The van der Waals surface area contributed by atoms with Gasteiger partial charge in [-0.15, -0.1) is 0 Å². The van der Waals surface area contributed by atoms with E-state index in [4.69, 9.17) is 0 Å². The second-order valence-electron chi connectivity index (χ2n) is 8.08. The first kappa shape index (κ1) is 19.2. The SMILES string of the molecule is CCC(C)(C)NC(=O)CN1CCC(C(=O)N2CCCCCC2)CC1. The molecule has 0 atom stereocenters. The largest absolute Gasteiger partial charge is 0.350 e. The first-order chi connectivity index (χ1) is 11.4. The summed E-state index contributed by atoms with van der Waals surface area (Å²) in [5, 5.41) is 3.09. The number of hydrogen-bond acceptors (Lipinski definition) is 3. The number of nitrogens with zero attached hydrogens (tertiary/aromatic N) is 2. The lowest BCUT2D eigenvalue weighted by atomic mass is 9.95. The van der Waals surface area contributed by atoms with Crippen LogP contribution in [0.25, 0.3) is 0 Å². The molecule has 2 fully saturated rings. The lowest BCUT2D eigenvalue weighted by Crippen LogP contribution is -2.49. The first-order valence-electron chi connectivity index (χ1n) is 9.73. The normalized spacial score (nSPS) is 21.4. The Morgan fingerprint density at radius 3 is 2.12 bits per heavy atom. The molecule has 5 nitrogen and oxygen atoms in total. The average Bonchev–Trinajstić information content (AvgIpc) is 2.83. The maximum absolute atomic E-state index is 12.7. The zero-order chi connectivity index (χ0) is 17.6. The van der Waals surface area contributed by atoms with Gasteiger partial charge in [0.25, 0.3) is 0 Å². The summed E-state index contributed by atoms with van der Waals surface area (Å²) >= 11 is 0. The maximum atomic E-state index is 12.7. The van der Waals surface area contributed by atoms with Crippen LogP contribution in [-0.4, -0.2) is 59.9 Å². The first-order valence-corrected chi connectivity index (χ1v) is 9.73. The second-order valence-corrected chi connectivity index (χ2v) is 8.08. The lowest BCUT2D eigenvalue weighted by Gasteiger charge is -2.34. The van der Waals surface area contributed by atoms with Crippen molar-refractivity contribution >= 4 is 11.8 Å². The van der Waals surface area contributed by atoms with Gasteiger partial charge in [0.1, 0.15) is 0 Å². The molecule has 24 heavy (non-hydrogen) atoms. The number of rotatable bonds is 5. The third kappa shape index (κ3) is 5.76. The van der Waals surface area contributed by atoms with Crippen molar-refractivity contribution in [3.8, 4) is 0 Å². The van der Waals surface area contributed by atoms with Crippen LogP contribution in [0, 0.1) is 5.92 Å². The zero-order valence-corrected chi connectivity index (χ0v) is 15.8. The van der Waals surface area contributed by atoms with Crippen molar-refractivity contribution in [1.29, 1.82) is 0 Å². The Kier molecular flexibility index (Phi) is 7.08. The highest BCUT2D eigenvalue weighted by molar-refractivity contribution is 5.80. The van der Waals surface area contributed by atoms with Crippen LogP contribution in [0.3, 0.4) is 0 Å². The summed E-state index contributed by atoms with van der Waals surface area (Å²) in [7, 11) is 0. The maximum Gasteiger partial charge on any atom is 0.234 e. The second kappa shape index (κ2) is 8.84. The summed E-state index contributed by atoms with van der Waals surface area (Å²) in [4.78, 5) is 29.1. The minimum absolute atomic E-state index is 0.0964. The van der Waals surface area contributed by atoms with E-state index in [1.807, 2.05) is 0 Å². The Hall–Kier alpha value is -1.10. The summed E-state index contributed by atoms with van der Waals surface area (Å²) in [6, 6.07) is 0. The van der Waals surface area contributed by atoms with Crippen molar-refractivity contribution in [1.82, 2.24) is 15.1 Å². The highest BCUT2D eigenvalue weighted by Gasteiger charge is 2.29. The molecule has 2 aliphatic heterocycles. The molecule has 0 aromatic carbocycles. The van der Waals surface area contributed by atoms with Gasteiger partial charge in [-0.25, -0.2) is 0 Å². The van der Waals surface area contributed by atoms with Crippen molar-refractivity contribution in [2.45, 2.75) is 71.3 Å². The molecule has 2 amide bonds. The summed E-state index contributed by atoms with van der Waals surface area (Å²) in [5.41, 5.74) is -0.141. The van der Waals surface area contributed by atoms with Gasteiger partial charge >= 0.3 is 0 Å². The molecule has 0 aromatic rings. The highest BCUT2D eigenvalue weighted by atomic mass is 16.2. The van der Waals surface area contributed by atoms with Crippen LogP contribution < -0.4 is 5.32 Å². The fraction of sp³-hybridized carbons (Fsp3) is 0.895. The third-order valence-corrected chi connectivity index (χ3v) is 5.58. The van der Waals surface area contributed by atoms with Gasteiger partial charge in [0.2, 0.25) is 11.8 Å². The topological polar surface area (TPSA) is 52.7 Å². The molecule has 0 bridgehead atoms. The van der Waals surface area contributed by atoms with Gasteiger partial charge in [0.15, 0.2) is 0 Å². The molecule has 2 heterocycles. The number of carbonyl (C=O) groups excluding carboxylic acids is 2. The van der Waals surface area contributed by atoms with Gasteiger partial charge in [-0.05, 0) is 59.0 Å². The molecule has 0 aromatic heterocycles. The van der Waals surface area contributed by atoms with E-state index in [1.54, 1.807) is 0 Å². The van der Waals surface area contributed by atoms with Crippen molar-refractivity contribution in [3.63, 3.8) is 0 Å². The van der Waals surface area contributed by atoms with E-state index in [-0.39, 0.29) is 17.4 Å². The Balaban J connectivity index is 1.74. The Labute approximate surface area is 147 Å². The Bertz CT molecular complexity index is 420. The molecule has 0 radical (unpaired) electrons.